The quantitative estimate of drug-likeness (QED) is 0.274. The second-order valence-electron chi connectivity index (χ2n) is 7.37. The maximum absolute atomic E-state index is 13.4. The Labute approximate surface area is 193 Å². The zero-order valence-corrected chi connectivity index (χ0v) is 18.8. The molecule has 2 aromatic heterocycles. The molecular formula is C21H20FN8O3P. The van der Waals surface area contributed by atoms with E-state index in [9.17, 15) is 18.6 Å². The first-order valence-corrected chi connectivity index (χ1v) is 11.7. The molecule has 0 bridgehead atoms. The third-order valence-corrected chi connectivity index (χ3v) is 6.38. The van der Waals surface area contributed by atoms with Crippen molar-refractivity contribution in [2.45, 2.75) is 20.0 Å². The van der Waals surface area contributed by atoms with E-state index >= 15 is 0 Å². The van der Waals surface area contributed by atoms with Gasteiger partial charge in [0.1, 0.15) is 23.3 Å². The topological polar surface area (TPSA) is 159 Å². The van der Waals surface area contributed by atoms with Crippen LogP contribution in [-0.2, 0) is 17.7 Å². The van der Waals surface area contributed by atoms with Crippen LogP contribution in [0.4, 0.5) is 4.39 Å². The molecule has 0 aliphatic carbocycles. The monoisotopic (exact) mass is 482 g/mol. The maximum Gasteiger partial charge on any atom is 0.315 e. The first-order valence-electron chi connectivity index (χ1n) is 10.1. The molecule has 0 radical (unpaired) electrons. The molecule has 0 fully saturated rings. The van der Waals surface area contributed by atoms with Gasteiger partial charge in [0.25, 0.3) is 5.91 Å². The molecule has 11 nitrogen and oxygen atoms in total. The first kappa shape index (κ1) is 23.3. The van der Waals surface area contributed by atoms with Crippen LogP contribution in [0.1, 0.15) is 27.2 Å². The summed E-state index contributed by atoms with van der Waals surface area (Å²) in [6.45, 7) is 1.86. The van der Waals surface area contributed by atoms with Gasteiger partial charge in [-0.1, -0.05) is 36.4 Å². The highest BCUT2D eigenvalue weighted by molar-refractivity contribution is 7.63. The Morgan fingerprint density at radius 3 is 2.56 bits per heavy atom. The van der Waals surface area contributed by atoms with E-state index in [2.05, 4.69) is 41.0 Å². The Balaban J connectivity index is 1.38. The van der Waals surface area contributed by atoms with Gasteiger partial charge in [-0.15, -0.1) is 10.2 Å². The molecule has 0 spiro atoms. The van der Waals surface area contributed by atoms with Crippen molar-refractivity contribution in [2.24, 2.45) is 0 Å². The van der Waals surface area contributed by atoms with Crippen molar-refractivity contribution in [1.82, 2.24) is 41.0 Å². The average molecular weight is 482 g/mol. The molecule has 13 heteroatoms. The van der Waals surface area contributed by atoms with Crippen molar-refractivity contribution in [3.63, 3.8) is 0 Å². The van der Waals surface area contributed by atoms with Gasteiger partial charge in [0.05, 0.1) is 0 Å². The average Bonchev–Trinajstić information content (AvgIpc) is 3.39. The number of H-pyrrole nitrogens is 1. The number of carbonyl (C=O) groups excluding carboxylic acids is 1. The number of halogens is 1. The van der Waals surface area contributed by atoms with Crippen molar-refractivity contribution in [2.75, 3.05) is 0 Å². The van der Waals surface area contributed by atoms with Crippen LogP contribution >= 0.6 is 7.52 Å². The van der Waals surface area contributed by atoms with Gasteiger partial charge in [-0.2, -0.15) is 5.21 Å². The fraction of sp³-hybridized carbons (Fsp3) is 0.143. The molecule has 1 atom stereocenters. The second kappa shape index (κ2) is 9.96. The highest BCUT2D eigenvalue weighted by atomic mass is 31.2. The van der Waals surface area contributed by atoms with Gasteiger partial charge in [0, 0.05) is 24.7 Å². The molecule has 34 heavy (non-hydrogen) atoms. The van der Waals surface area contributed by atoms with E-state index in [0.29, 0.717) is 17.0 Å². The molecule has 174 valence electrons. The number of carbonyl (C=O) groups is 1. The molecule has 4 N–H and O–H groups in total. The van der Waals surface area contributed by atoms with Gasteiger partial charge in [0.2, 0.25) is 5.82 Å². The maximum atomic E-state index is 13.4. The van der Waals surface area contributed by atoms with Crippen LogP contribution in [0.5, 0.6) is 0 Å². The Morgan fingerprint density at radius 1 is 1.09 bits per heavy atom. The second-order valence-corrected chi connectivity index (χ2v) is 9.30. The van der Waals surface area contributed by atoms with E-state index in [1.54, 1.807) is 43.3 Å². The molecular weight excluding hydrogens is 462 g/mol. The van der Waals surface area contributed by atoms with E-state index in [4.69, 9.17) is 0 Å². The van der Waals surface area contributed by atoms with E-state index in [1.807, 2.05) is 0 Å². The van der Waals surface area contributed by atoms with Crippen molar-refractivity contribution in [3.8, 4) is 11.4 Å². The SMILES string of the molecule is Cc1cc(CNC(=O)c2cc(P(=O)(O)NCc3ccc(-c4nn[nH]n4)cc3)ncn2)ccc1F. The molecule has 0 aliphatic rings. The number of amides is 1. The van der Waals surface area contributed by atoms with Gasteiger partial charge >= 0.3 is 7.52 Å². The number of hydrogen-bond acceptors (Lipinski definition) is 7. The number of aromatic nitrogens is 6. The molecule has 0 saturated carbocycles. The molecule has 2 aromatic carbocycles. The van der Waals surface area contributed by atoms with Gasteiger partial charge in [-0.05, 0) is 34.9 Å². The number of aromatic amines is 1. The van der Waals surface area contributed by atoms with Crippen LogP contribution in [0.3, 0.4) is 0 Å². The predicted octanol–water partition coefficient (Wildman–Crippen LogP) is 1.63. The van der Waals surface area contributed by atoms with Crippen LogP contribution < -0.4 is 15.8 Å². The lowest BCUT2D eigenvalue weighted by molar-refractivity contribution is 0.0946. The number of nitrogens with one attached hydrogen (secondary N) is 3. The number of nitrogens with zero attached hydrogens (tertiary/aromatic N) is 5. The summed E-state index contributed by atoms with van der Waals surface area (Å²) >= 11 is 0. The summed E-state index contributed by atoms with van der Waals surface area (Å²) in [6, 6.07) is 12.7. The summed E-state index contributed by atoms with van der Waals surface area (Å²) in [5.74, 6) is -0.444. The largest absolute Gasteiger partial charge is 0.347 e. The highest BCUT2D eigenvalue weighted by Crippen LogP contribution is 2.33. The molecule has 1 amide bonds. The molecule has 0 saturated heterocycles. The third kappa shape index (κ3) is 5.54. The summed E-state index contributed by atoms with van der Waals surface area (Å²) in [5.41, 5.74) is 2.39. The number of tetrazole rings is 1. The van der Waals surface area contributed by atoms with Gasteiger partial charge < -0.3 is 10.2 Å². The van der Waals surface area contributed by atoms with E-state index < -0.39 is 13.4 Å². The minimum atomic E-state index is -4.09. The fourth-order valence-electron chi connectivity index (χ4n) is 3.06. The molecule has 2 heterocycles. The van der Waals surface area contributed by atoms with Crippen molar-refractivity contribution >= 4 is 18.9 Å². The van der Waals surface area contributed by atoms with Crippen LogP contribution in [0.25, 0.3) is 11.4 Å². The Bertz CT molecular complexity index is 1350. The molecule has 0 aliphatic heterocycles. The number of benzene rings is 2. The van der Waals surface area contributed by atoms with Crippen LogP contribution in [0, 0.1) is 12.7 Å². The molecule has 4 aromatic rings. The summed E-state index contributed by atoms with van der Waals surface area (Å²) in [7, 11) is -4.09. The van der Waals surface area contributed by atoms with Gasteiger partial charge in [-0.25, -0.2) is 19.4 Å². The van der Waals surface area contributed by atoms with Crippen LogP contribution in [-0.4, -0.2) is 41.4 Å². The zero-order chi connectivity index (χ0) is 24.1. The van der Waals surface area contributed by atoms with E-state index in [1.165, 1.54) is 12.1 Å². The summed E-state index contributed by atoms with van der Waals surface area (Å²) in [4.78, 5) is 30.7. The normalized spacial score (nSPS) is 12.8. The van der Waals surface area contributed by atoms with Crippen LogP contribution in [0.15, 0.2) is 54.9 Å². The molecule has 1 unspecified atom stereocenters. The predicted molar refractivity (Wildman–Crippen MR) is 120 cm³/mol. The Kier molecular flexibility index (Phi) is 6.82. The Morgan fingerprint density at radius 2 is 1.85 bits per heavy atom. The minimum Gasteiger partial charge on any atom is -0.347 e. The first-order chi connectivity index (χ1) is 16.3. The van der Waals surface area contributed by atoms with E-state index in [-0.39, 0.29) is 30.0 Å². The lowest BCUT2D eigenvalue weighted by Gasteiger charge is -2.13. The smallest absolute Gasteiger partial charge is 0.315 e. The van der Waals surface area contributed by atoms with Crippen molar-refractivity contribution in [3.05, 3.63) is 83.1 Å². The van der Waals surface area contributed by atoms with Crippen molar-refractivity contribution in [1.29, 1.82) is 0 Å². The standard InChI is InChI=1S/C21H20FN8O3P/c1-13-8-15(4-7-17(13)22)10-23-21(31)18-9-19(25-12-24-18)34(32,33)26-11-14-2-5-16(6-3-14)20-27-29-30-28-20/h2-9,12H,10-11H2,1H3,(H,23,31)(H2,26,32,33)(H,27,28,29,30). The highest BCUT2D eigenvalue weighted by Gasteiger charge is 2.24. The lowest BCUT2D eigenvalue weighted by atomic mass is 10.1. The fourth-order valence-corrected chi connectivity index (χ4v) is 4.13. The van der Waals surface area contributed by atoms with Gasteiger partial charge in [-0.3, -0.25) is 9.36 Å². The minimum absolute atomic E-state index is 0.0654. The number of hydrogen-bond donors (Lipinski definition) is 4. The number of rotatable bonds is 8. The molecule has 4 rings (SSSR count). The van der Waals surface area contributed by atoms with Crippen molar-refractivity contribution < 1.29 is 18.6 Å². The summed E-state index contributed by atoms with van der Waals surface area (Å²) in [5, 5.41) is 18.9. The third-order valence-electron chi connectivity index (χ3n) is 4.93. The zero-order valence-electron chi connectivity index (χ0n) is 17.9. The van der Waals surface area contributed by atoms with Crippen LogP contribution in [0.2, 0.25) is 0 Å². The number of aryl methyl sites for hydroxylation is 1. The summed E-state index contributed by atoms with van der Waals surface area (Å²) in [6.07, 6.45) is 1.05. The van der Waals surface area contributed by atoms with Gasteiger partial charge in [0.15, 0.2) is 0 Å². The van der Waals surface area contributed by atoms with E-state index in [0.717, 1.165) is 17.5 Å². The Hall–Kier alpha value is -3.86. The lowest BCUT2D eigenvalue weighted by Crippen LogP contribution is -2.27. The summed E-state index contributed by atoms with van der Waals surface area (Å²) < 4.78 is 26.2.